The summed E-state index contributed by atoms with van der Waals surface area (Å²) in [4.78, 5) is 8.73. The van der Waals surface area contributed by atoms with Gasteiger partial charge in [-0.25, -0.2) is 4.98 Å². The van der Waals surface area contributed by atoms with Crippen molar-refractivity contribution >= 4 is 34.4 Å². The standard InChI is InChI=1S/C21H15N3O2S/c1-25-15-7-9-18-19(12-15)24-21(23-18)14(13-22)11-16-8-10-20(26-16)27-17-5-3-2-4-6-17/h2-12H,1H3,(H,23,24)/b14-11-. The molecule has 0 unspecified atom stereocenters. The predicted octanol–water partition coefficient (Wildman–Crippen LogP) is 5.38. The van der Waals surface area contributed by atoms with E-state index in [1.807, 2.05) is 60.7 Å². The van der Waals surface area contributed by atoms with Crippen LogP contribution in [0.15, 0.2) is 75.1 Å². The number of rotatable bonds is 5. The minimum Gasteiger partial charge on any atom is -0.497 e. The molecule has 0 spiro atoms. The molecule has 0 radical (unpaired) electrons. The Kier molecular flexibility index (Phi) is 4.69. The molecule has 132 valence electrons. The molecule has 1 N–H and O–H groups in total. The zero-order chi connectivity index (χ0) is 18.6. The summed E-state index contributed by atoms with van der Waals surface area (Å²) >= 11 is 1.53. The lowest BCUT2D eigenvalue weighted by Crippen LogP contribution is -1.84. The number of allylic oxidation sites excluding steroid dienone is 1. The lowest BCUT2D eigenvalue weighted by Gasteiger charge is -1.97. The van der Waals surface area contributed by atoms with Crippen LogP contribution in [0.1, 0.15) is 11.6 Å². The SMILES string of the molecule is COc1ccc2nc(/C(C#N)=C\c3ccc(Sc4ccccc4)o3)[nH]c2c1. The highest BCUT2D eigenvalue weighted by molar-refractivity contribution is 7.99. The number of nitrogens with zero attached hydrogens (tertiary/aromatic N) is 2. The van der Waals surface area contributed by atoms with Crippen LogP contribution in [0, 0.1) is 11.3 Å². The van der Waals surface area contributed by atoms with E-state index < -0.39 is 0 Å². The first-order valence-electron chi connectivity index (χ1n) is 8.24. The van der Waals surface area contributed by atoms with E-state index in [2.05, 4.69) is 16.0 Å². The molecular formula is C21H15N3O2S. The van der Waals surface area contributed by atoms with Gasteiger partial charge in [0.15, 0.2) is 5.09 Å². The third-order valence-corrected chi connectivity index (χ3v) is 4.84. The number of aromatic amines is 1. The highest BCUT2D eigenvalue weighted by Gasteiger charge is 2.10. The van der Waals surface area contributed by atoms with Crippen LogP contribution in [0.5, 0.6) is 5.75 Å². The Bertz CT molecular complexity index is 1150. The number of H-pyrrole nitrogens is 1. The molecule has 2 heterocycles. The number of hydrogen-bond donors (Lipinski definition) is 1. The quantitative estimate of drug-likeness (QED) is 0.475. The van der Waals surface area contributed by atoms with Gasteiger partial charge < -0.3 is 14.1 Å². The number of hydrogen-bond acceptors (Lipinski definition) is 5. The van der Waals surface area contributed by atoms with E-state index in [-0.39, 0.29) is 0 Å². The number of nitriles is 1. The van der Waals surface area contributed by atoms with Gasteiger partial charge in [0, 0.05) is 17.0 Å². The van der Waals surface area contributed by atoms with Crippen LogP contribution in [0.4, 0.5) is 0 Å². The molecule has 0 aliphatic rings. The minimum atomic E-state index is 0.399. The van der Waals surface area contributed by atoms with Gasteiger partial charge in [-0.1, -0.05) is 30.0 Å². The molecule has 0 saturated heterocycles. The first kappa shape index (κ1) is 17.0. The summed E-state index contributed by atoms with van der Waals surface area (Å²) in [5.74, 6) is 1.83. The van der Waals surface area contributed by atoms with Crippen molar-refractivity contribution in [1.82, 2.24) is 9.97 Å². The second-order valence-electron chi connectivity index (χ2n) is 5.71. The summed E-state index contributed by atoms with van der Waals surface area (Å²) in [5, 5.41) is 10.3. The molecule has 2 aromatic heterocycles. The highest BCUT2D eigenvalue weighted by atomic mass is 32.2. The number of fused-ring (bicyclic) bond motifs is 1. The highest BCUT2D eigenvalue weighted by Crippen LogP contribution is 2.30. The second kappa shape index (κ2) is 7.44. The zero-order valence-electron chi connectivity index (χ0n) is 14.5. The third kappa shape index (κ3) is 3.73. The van der Waals surface area contributed by atoms with Gasteiger partial charge in [0.2, 0.25) is 0 Å². The van der Waals surface area contributed by atoms with Crippen LogP contribution >= 0.6 is 11.8 Å². The molecule has 0 amide bonds. The molecule has 0 aliphatic heterocycles. The number of ether oxygens (including phenoxy) is 1. The molecular weight excluding hydrogens is 358 g/mol. The largest absolute Gasteiger partial charge is 0.497 e. The van der Waals surface area contributed by atoms with Crippen molar-refractivity contribution in [3.05, 3.63) is 72.2 Å². The van der Waals surface area contributed by atoms with Gasteiger partial charge in [-0.05, 0) is 36.4 Å². The van der Waals surface area contributed by atoms with Gasteiger partial charge in [-0.3, -0.25) is 0 Å². The second-order valence-corrected chi connectivity index (χ2v) is 6.79. The fourth-order valence-electron chi connectivity index (χ4n) is 2.61. The topological polar surface area (TPSA) is 74.8 Å². The van der Waals surface area contributed by atoms with Crippen LogP contribution in [-0.2, 0) is 0 Å². The molecule has 0 aliphatic carbocycles. The monoisotopic (exact) mass is 373 g/mol. The fourth-order valence-corrected chi connectivity index (χ4v) is 3.41. The number of nitrogens with one attached hydrogen (secondary N) is 1. The molecule has 0 bridgehead atoms. The zero-order valence-corrected chi connectivity index (χ0v) is 15.3. The molecule has 6 heteroatoms. The average molecular weight is 373 g/mol. The van der Waals surface area contributed by atoms with Gasteiger partial charge in [0.1, 0.15) is 23.4 Å². The van der Waals surface area contributed by atoms with Crippen LogP contribution in [-0.4, -0.2) is 17.1 Å². The van der Waals surface area contributed by atoms with Crippen molar-refractivity contribution in [2.75, 3.05) is 7.11 Å². The van der Waals surface area contributed by atoms with E-state index in [0.29, 0.717) is 17.2 Å². The number of aromatic nitrogens is 2. The maximum Gasteiger partial charge on any atom is 0.165 e. The first-order chi connectivity index (χ1) is 13.2. The third-order valence-electron chi connectivity index (χ3n) is 3.91. The maximum atomic E-state index is 9.56. The molecule has 4 rings (SSSR count). The predicted molar refractivity (Wildman–Crippen MR) is 105 cm³/mol. The molecule has 0 atom stereocenters. The normalized spacial score (nSPS) is 11.5. The molecule has 4 aromatic rings. The summed E-state index contributed by atoms with van der Waals surface area (Å²) in [5.41, 5.74) is 1.98. The Labute approximate surface area is 160 Å². The Hall–Kier alpha value is -3.43. The van der Waals surface area contributed by atoms with Crippen LogP contribution in [0.25, 0.3) is 22.7 Å². The van der Waals surface area contributed by atoms with Gasteiger partial charge in [-0.2, -0.15) is 5.26 Å². The molecule has 0 fully saturated rings. The van der Waals surface area contributed by atoms with Crippen molar-refractivity contribution in [2.45, 2.75) is 9.99 Å². The van der Waals surface area contributed by atoms with E-state index in [0.717, 1.165) is 26.8 Å². The van der Waals surface area contributed by atoms with E-state index in [4.69, 9.17) is 9.15 Å². The van der Waals surface area contributed by atoms with Crippen LogP contribution in [0.2, 0.25) is 0 Å². The van der Waals surface area contributed by atoms with E-state index in [1.165, 1.54) is 11.8 Å². The lowest BCUT2D eigenvalue weighted by atomic mass is 10.2. The Morgan fingerprint density at radius 1 is 1.19 bits per heavy atom. The van der Waals surface area contributed by atoms with E-state index in [9.17, 15) is 5.26 Å². The van der Waals surface area contributed by atoms with E-state index >= 15 is 0 Å². The summed E-state index contributed by atoms with van der Waals surface area (Å²) in [7, 11) is 1.61. The minimum absolute atomic E-state index is 0.399. The number of imidazole rings is 1. The van der Waals surface area contributed by atoms with Crippen LogP contribution in [0.3, 0.4) is 0 Å². The average Bonchev–Trinajstić information content (AvgIpc) is 3.32. The van der Waals surface area contributed by atoms with Crippen molar-refractivity contribution in [2.24, 2.45) is 0 Å². The fraction of sp³-hybridized carbons (Fsp3) is 0.0476. The first-order valence-corrected chi connectivity index (χ1v) is 9.05. The Morgan fingerprint density at radius 2 is 2.04 bits per heavy atom. The van der Waals surface area contributed by atoms with Crippen LogP contribution < -0.4 is 4.74 Å². The van der Waals surface area contributed by atoms with Gasteiger partial charge in [0.25, 0.3) is 0 Å². The van der Waals surface area contributed by atoms with Gasteiger partial charge >= 0.3 is 0 Å². The Balaban J connectivity index is 1.61. The number of methoxy groups -OCH3 is 1. The summed E-state index contributed by atoms with van der Waals surface area (Å²) < 4.78 is 11.0. The molecule has 5 nitrogen and oxygen atoms in total. The molecule has 2 aromatic carbocycles. The summed E-state index contributed by atoms with van der Waals surface area (Å²) in [6.45, 7) is 0. The summed E-state index contributed by atoms with van der Waals surface area (Å²) in [6.07, 6.45) is 1.68. The molecule has 27 heavy (non-hydrogen) atoms. The van der Waals surface area contributed by atoms with Crippen molar-refractivity contribution in [1.29, 1.82) is 5.26 Å². The van der Waals surface area contributed by atoms with Crippen molar-refractivity contribution in [3.8, 4) is 11.8 Å². The van der Waals surface area contributed by atoms with E-state index in [1.54, 1.807) is 13.2 Å². The van der Waals surface area contributed by atoms with Crippen molar-refractivity contribution < 1.29 is 9.15 Å². The Morgan fingerprint density at radius 3 is 2.81 bits per heavy atom. The molecule has 0 saturated carbocycles. The number of furan rings is 1. The van der Waals surface area contributed by atoms with Crippen molar-refractivity contribution in [3.63, 3.8) is 0 Å². The lowest BCUT2D eigenvalue weighted by molar-refractivity contribution is 0.415. The van der Waals surface area contributed by atoms with Gasteiger partial charge in [-0.15, -0.1) is 0 Å². The van der Waals surface area contributed by atoms with Gasteiger partial charge in [0.05, 0.1) is 23.7 Å². The smallest absolute Gasteiger partial charge is 0.165 e. The summed E-state index contributed by atoms with van der Waals surface area (Å²) in [6, 6.07) is 21.4. The maximum absolute atomic E-state index is 9.56. The number of benzene rings is 2.